The van der Waals surface area contributed by atoms with Crippen LogP contribution in [0, 0.1) is 5.92 Å². The average molecular weight is 274 g/mol. The van der Waals surface area contributed by atoms with Gasteiger partial charge in [0.25, 0.3) is 0 Å². The molecule has 0 aromatic heterocycles. The Labute approximate surface area is 122 Å². The maximum Gasteiger partial charge on any atom is 0.0506 e. The third-order valence-corrected chi connectivity index (χ3v) is 4.65. The van der Waals surface area contributed by atoms with Gasteiger partial charge in [-0.25, -0.2) is 0 Å². The van der Waals surface area contributed by atoms with E-state index in [2.05, 4.69) is 47.5 Å². The fourth-order valence-electron chi connectivity index (χ4n) is 3.37. The first kappa shape index (κ1) is 14.1. The summed E-state index contributed by atoms with van der Waals surface area (Å²) in [5, 5.41) is 3.68. The molecule has 1 aromatic carbocycles. The van der Waals surface area contributed by atoms with E-state index < -0.39 is 0 Å². The lowest BCUT2D eigenvalue weighted by Gasteiger charge is -2.41. The van der Waals surface area contributed by atoms with Gasteiger partial charge < -0.3 is 10.1 Å². The smallest absolute Gasteiger partial charge is 0.0506 e. The molecule has 20 heavy (non-hydrogen) atoms. The first-order chi connectivity index (χ1) is 9.83. The SMILES string of the molecule is CC1CNC(c2ccccc2)CN1CC1CCCOC1. The van der Waals surface area contributed by atoms with Crippen molar-refractivity contribution in [2.24, 2.45) is 5.92 Å². The summed E-state index contributed by atoms with van der Waals surface area (Å²) in [6.45, 7) is 7.62. The fraction of sp³-hybridized carbons (Fsp3) is 0.647. The van der Waals surface area contributed by atoms with Gasteiger partial charge in [0.1, 0.15) is 0 Å². The van der Waals surface area contributed by atoms with Gasteiger partial charge in [-0.1, -0.05) is 30.3 Å². The molecule has 3 atom stereocenters. The molecule has 0 saturated carbocycles. The van der Waals surface area contributed by atoms with Crippen LogP contribution in [-0.2, 0) is 4.74 Å². The zero-order valence-corrected chi connectivity index (χ0v) is 12.4. The molecular weight excluding hydrogens is 248 g/mol. The number of piperazine rings is 1. The molecule has 1 aromatic rings. The molecule has 3 heteroatoms. The number of hydrogen-bond acceptors (Lipinski definition) is 3. The van der Waals surface area contributed by atoms with Crippen LogP contribution in [0.4, 0.5) is 0 Å². The molecule has 0 aliphatic carbocycles. The van der Waals surface area contributed by atoms with Crippen molar-refractivity contribution in [3.8, 4) is 0 Å². The number of nitrogens with one attached hydrogen (secondary N) is 1. The molecule has 0 amide bonds. The quantitative estimate of drug-likeness (QED) is 0.916. The molecule has 2 saturated heterocycles. The Balaban J connectivity index is 1.61. The summed E-state index contributed by atoms with van der Waals surface area (Å²) in [6.07, 6.45) is 2.56. The van der Waals surface area contributed by atoms with Crippen molar-refractivity contribution in [3.05, 3.63) is 35.9 Å². The monoisotopic (exact) mass is 274 g/mol. The van der Waals surface area contributed by atoms with E-state index in [1.165, 1.54) is 24.9 Å². The van der Waals surface area contributed by atoms with Crippen LogP contribution in [-0.4, -0.2) is 43.8 Å². The van der Waals surface area contributed by atoms with E-state index in [0.29, 0.717) is 12.1 Å². The maximum atomic E-state index is 5.63. The largest absolute Gasteiger partial charge is 0.381 e. The van der Waals surface area contributed by atoms with E-state index in [9.17, 15) is 0 Å². The van der Waals surface area contributed by atoms with Gasteiger partial charge in [0.05, 0.1) is 6.61 Å². The highest BCUT2D eigenvalue weighted by Crippen LogP contribution is 2.23. The second-order valence-electron chi connectivity index (χ2n) is 6.26. The molecule has 0 bridgehead atoms. The third-order valence-electron chi connectivity index (χ3n) is 4.65. The maximum absolute atomic E-state index is 5.63. The van der Waals surface area contributed by atoms with E-state index in [1.807, 2.05) is 0 Å². The molecule has 2 aliphatic rings. The normalized spacial score (nSPS) is 32.1. The summed E-state index contributed by atoms with van der Waals surface area (Å²) < 4.78 is 5.63. The van der Waals surface area contributed by atoms with Crippen LogP contribution in [0.3, 0.4) is 0 Å². The van der Waals surface area contributed by atoms with Gasteiger partial charge in [0.2, 0.25) is 0 Å². The molecule has 2 aliphatic heterocycles. The molecular formula is C17H26N2O. The Bertz CT molecular complexity index is 403. The molecule has 3 rings (SSSR count). The van der Waals surface area contributed by atoms with Gasteiger partial charge in [-0.15, -0.1) is 0 Å². The minimum atomic E-state index is 0.469. The number of nitrogens with zero attached hydrogens (tertiary/aromatic N) is 1. The van der Waals surface area contributed by atoms with E-state index in [-0.39, 0.29) is 0 Å². The van der Waals surface area contributed by atoms with Crippen molar-refractivity contribution in [1.29, 1.82) is 0 Å². The Morgan fingerprint density at radius 2 is 2.15 bits per heavy atom. The number of hydrogen-bond donors (Lipinski definition) is 1. The highest BCUT2D eigenvalue weighted by atomic mass is 16.5. The summed E-state index contributed by atoms with van der Waals surface area (Å²) >= 11 is 0. The second kappa shape index (κ2) is 6.70. The first-order valence-electron chi connectivity index (χ1n) is 7.93. The van der Waals surface area contributed by atoms with Crippen molar-refractivity contribution in [1.82, 2.24) is 10.2 Å². The van der Waals surface area contributed by atoms with Crippen LogP contribution in [0.2, 0.25) is 0 Å². The van der Waals surface area contributed by atoms with Gasteiger partial charge in [-0.3, -0.25) is 4.90 Å². The van der Waals surface area contributed by atoms with Crippen LogP contribution < -0.4 is 5.32 Å². The highest BCUT2D eigenvalue weighted by molar-refractivity contribution is 5.20. The molecule has 3 nitrogen and oxygen atoms in total. The van der Waals surface area contributed by atoms with Crippen LogP contribution in [0.25, 0.3) is 0 Å². The van der Waals surface area contributed by atoms with Crippen molar-refractivity contribution >= 4 is 0 Å². The number of ether oxygens (including phenoxy) is 1. The Hall–Kier alpha value is -0.900. The standard InChI is InChI=1S/C17H26N2O/c1-14-10-18-17(16-7-3-2-4-8-16)12-19(14)11-15-6-5-9-20-13-15/h2-4,7-8,14-15,17-18H,5-6,9-13H2,1H3. The molecule has 2 fully saturated rings. The Kier molecular flexibility index (Phi) is 4.71. The van der Waals surface area contributed by atoms with Crippen molar-refractivity contribution < 1.29 is 4.74 Å². The lowest BCUT2D eigenvalue weighted by molar-refractivity contribution is 0.0240. The van der Waals surface area contributed by atoms with Gasteiger partial charge in [-0.2, -0.15) is 0 Å². The first-order valence-corrected chi connectivity index (χ1v) is 7.93. The lowest BCUT2D eigenvalue weighted by atomic mass is 9.97. The van der Waals surface area contributed by atoms with E-state index in [0.717, 1.165) is 32.2 Å². The van der Waals surface area contributed by atoms with Crippen LogP contribution in [0.1, 0.15) is 31.4 Å². The minimum Gasteiger partial charge on any atom is -0.381 e. The predicted molar refractivity (Wildman–Crippen MR) is 81.8 cm³/mol. The summed E-state index contributed by atoms with van der Waals surface area (Å²) in [4.78, 5) is 2.65. The molecule has 3 unspecified atom stereocenters. The predicted octanol–water partition coefficient (Wildman–Crippen LogP) is 2.45. The molecule has 0 radical (unpaired) electrons. The van der Waals surface area contributed by atoms with Crippen LogP contribution in [0.5, 0.6) is 0 Å². The van der Waals surface area contributed by atoms with E-state index in [1.54, 1.807) is 0 Å². The Morgan fingerprint density at radius 3 is 2.90 bits per heavy atom. The number of rotatable bonds is 3. The molecule has 1 N–H and O–H groups in total. The van der Waals surface area contributed by atoms with Crippen molar-refractivity contribution in [3.63, 3.8) is 0 Å². The molecule has 0 spiro atoms. The third kappa shape index (κ3) is 3.40. The topological polar surface area (TPSA) is 24.5 Å². The van der Waals surface area contributed by atoms with Gasteiger partial charge in [-0.05, 0) is 31.2 Å². The summed E-state index contributed by atoms with van der Waals surface area (Å²) in [6, 6.07) is 11.9. The zero-order valence-electron chi connectivity index (χ0n) is 12.4. The summed E-state index contributed by atoms with van der Waals surface area (Å²) in [5.74, 6) is 0.723. The van der Waals surface area contributed by atoms with Crippen molar-refractivity contribution in [2.75, 3.05) is 32.8 Å². The second-order valence-corrected chi connectivity index (χ2v) is 6.26. The zero-order chi connectivity index (χ0) is 13.8. The van der Waals surface area contributed by atoms with Crippen LogP contribution >= 0.6 is 0 Å². The molecule has 2 heterocycles. The van der Waals surface area contributed by atoms with Crippen LogP contribution in [0.15, 0.2) is 30.3 Å². The average Bonchev–Trinajstić information content (AvgIpc) is 2.51. The van der Waals surface area contributed by atoms with E-state index in [4.69, 9.17) is 4.74 Å². The Morgan fingerprint density at radius 1 is 1.30 bits per heavy atom. The molecule has 110 valence electrons. The highest BCUT2D eigenvalue weighted by Gasteiger charge is 2.28. The fourth-order valence-corrected chi connectivity index (χ4v) is 3.37. The minimum absolute atomic E-state index is 0.469. The van der Waals surface area contributed by atoms with Gasteiger partial charge in [0.15, 0.2) is 0 Å². The summed E-state index contributed by atoms with van der Waals surface area (Å²) in [7, 11) is 0. The lowest BCUT2D eigenvalue weighted by Crippen LogP contribution is -2.53. The van der Waals surface area contributed by atoms with Gasteiger partial charge in [0, 0.05) is 38.3 Å². The number of benzene rings is 1. The van der Waals surface area contributed by atoms with Crippen molar-refractivity contribution in [2.45, 2.75) is 31.8 Å². The van der Waals surface area contributed by atoms with Gasteiger partial charge >= 0.3 is 0 Å². The van der Waals surface area contributed by atoms with E-state index >= 15 is 0 Å². The summed E-state index contributed by atoms with van der Waals surface area (Å²) in [5.41, 5.74) is 1.41.